The van der Waals surface area contributed by atoms with Crippen LogP contribution >= 0.6 is 34.5 Å². The summed E-state index contributed by atoms with van der Waals surface area (Å²) in [6.07, 6.45) is 2.06. The highest BCUT2D eigenvalue weighted by Gasteiger charge is 2.40. The highest BCUT2D eigenvalue weighted by Crippen LogP contribution is 2.53. The highest BCUT2D eigenvalue weighted by atomic mass is 35.5. The Bertz CT molecular complexity index is 3770. The summed E-state index contributed by atoms with van der Waals surface area (Å²) in [5.41, 5.74) is 4.09. The van der Waals surface area contributed by atoms with Crippen molar-refractivity contribution in [3.8, 4) is 61.8 Å². The molecule has 8 rings (SSSR count). The topological polar surface area (TPSA) is 177 Å². The Kier molecular flexibility index (Phi) is 20.5. The van der Waals surface area contributed by atoms with Crippen LogP contribution < -0.4 is 23.4 Å². The van der Waals surface area contributed by atoms with E-state index >= 15 is 0 Å². The summed E-state index contributed by atoms with van der Waals surface area (Å²) in [7, 11) is -4.90. The Labute approximate surface area is 511 Å². The molecule has 85 heavy (non-hydrogen) atoms. The lowest BCUT2D eigenvalue weighted by Crippen LogP contribution is -2.43. The van der Waals surface area contributed by atoms with E-state index in [4.69, 9.17) is 75.2 Å². The molecule has 0 aliphatic rings. The van der Waals surface area contributed by atoms with Crippen molar-refractivity contribution in [1.82, 2.24) is 19.9 Å². The SMILES string of the molecule is C=CCOC[C@H](COS(=O)(=O)Cc1ccccc1)Oc1c(Cl)c(C)c(-c2c(-c3ccc(F)cc3)sc3ncnc(O[C@H](Cc4cc(O[Si](C)(C)C(C)(C)C)ccc4OCc4ccnc(-c5ccccc5OC)n4)C(=O)OC(C)(C)C)c23)c(C)c1Cl. The van der Waals surface area contributed by atoms with E-state index in [1.807, 2.05) is 42.5 Å². The molecule has 0 bridgehead atoms. The maximum absolute atomic E-state index is 14.8. The van der Waals surface area contributed by atoms with Crippen molar-refractivity contribution >= 4 is 69.2 Å². The monoisotopic (exact) mass is 1250 g/mol. The predicted molar refractivity (Wildman–Crippen MR) is 335 cm³/mol. The second-order valence-corrected chi connectivity index (χ2v) is 30.7. The molecule has 3 aromatic heterocycles. The van der Waals surface area contributed by atoms with Gasteiger partial charge in [-0.15, -0.1) is 17.9 Å². The van der Waals surface area contributed by atoms with E-state index in [0.717, 1.165) is 0 Å². The molecule has 0 unspecified atom stereocenters. The fraction of sp³-hybridized carbons (Fsp3) is 0.328. The normalized spacial score (nSPS) is 12.8. The lowest BCUT2D eigenvalue weighted by atomic mass is 9.92. The van der Waals surface area contributed by atoms with Crippen LogP contribution in [0.15, 0.2) is 128 Å². The first-order chi connectivity index (χ1) is 40.3. The molecule has 2 atom stereocenters. The molecule has 0 N–H and O–H groups in total. The van der Waals surface area contributed by atoms with Gasteiger partial charge in [0.15, 0.2) is 11.6 Å². The molecule has 15 nitrogen and oxygen atoms in total. The average Bonchev–Trinajstić information content (AvgIpc) is 1.73. The van der Waals surface area contributed by atoms with Crippen LogP contribution in [0.1, 0.15) is 69.5 Å². The number of benzene rings is 5. The summed E-state index contributed by atoms with van der Waals surface area (Å²) in [4.78, 5) is 34.7. The molecule has 0 amide bonds. The van der Waals surface area contributed by atoms with Crippen LogP contribution in [-0.4, -0.2) is 87.4 Å². The molecule has 0 fully saturated rings. The smallest absolute Gasteiger partial charge is 0.348 e. The Hall–Kier alpha value is -6.97. The van der Waals surface area contributed by atoms with Crippen molar-refractivity contribution in [2.75, 3.05) is 26.9 Å². The first-order valence-electron chi connectivity index (χ1n) is 27.3. The zero-order valence-corrected chi connectivity index (χ0v) is 53.5. The minimum atomic E-state index is -4.08. The summed E-state index contributed by atoms with van der Waals surface area (Å²) in [5.74, 6) is 0.624. The molecule has 0 aliphatic carbocycles. The van der Waals surface area contributed by atoms with E-state index in [1.165, 1.54) is 29.8 Å². The van der Waals surface area contributed by atoms with Gasteiger partial charge in [0.25, 0.3) is 10.1 Å². The Morgan fingerprint density at radius 1 is 0.835 bits per heavy atom. The molecule has 0 spiro atoms. The Balaban J connectivity index is 1.22. The third-order valence-electron chi connectivity index (χ3n) is 14.0. The fourth-order valence-electron chi connectivity index (χ4n) is 8.85. The number of hydrogen-bond acceptors (Lipinski definition) is 16. The van der Waals surface area contributed by atoms with Gasteiger partial charge < -0.3 is 32.8 Å². The van der Waals surface area contributed by atoms with Crippen LogP contribution in [0.4, 0.5) is 4.39 Å². The van der Waals surface area contributed by atoms with E-state index in [-0.39, 0.29) is 58.7 Å². The molecular formula is C64H69Cl2FN4O11S2Si. The number of nitrogens with zero attached hydrogens (tertiary/aromatic N) is 4. The maximum atomic E-state index is 14.8. The molecule has 3 heterocycles. The van der Waals surface area contributed by atoms with Gasteiger partial charge >= 0.3 is 5.97 Å². The van der Waals surface area contributed by atoms with E-state index in [0.29, 0.717) is 88.4 Å². The fourth-order valence-corrected chi connectivity index (χ4v) is 12.6. The molecule has 0 radical (unpaired) electrons. The van der Waals surface area contributed by atoms with E-state index in [2.05, 4.69) is 45.4 Å². The minimum Gasteiger partial charge on any atom is -0.543 e. The van der Waals surface area contributed by atoms with Crippen molar-refractivity contribution in [3.63, 3.8) is 0 Å². The standard InChI is InChI=1S/C64H69Cl2FN4O11S2Si/c1-13-31-76-35-47(36-78-84(73,74)37-41-19-15-14-16-20-41)79-57-55(65)39(2)52(40(3)56(57)66)53-54-60(69-38-70-61(54)83-58(53)42-23-25-44(67)26-24-42)80-51(62(72)81-63(4,5)6)33-43-32-46(82-85(11,12)64(7,8)9)27-28-49(43)77-34-45-29-30-68-59(71-45)48-21-17-18-22-50(48)75-10/h13-30,32,38,47,51H,1,31,33-37H2,2-12H3/t47-,51-/m1/s1. The summed E-state index contributed by atoms with van der Waals surface area (Å²) < 4.78 is 91.1. The van der Waals surface area contributed by atoms with Crippen LogP contribution in [-0.2, 0) is 47.4 Å². The first kappa shape index (κ1) is 64.0. The number of thiophene rings is 1. The quantitative estimate of drug-likeness (QED) is 0.0173. The van der Waals surface area contributed by atoms with Crippen LogP contribution in [0.5, 0.6) is 28.9 Å². The summed E-state index contributed by atoms with van der Waals surface area (Å²) in [6, 6.07) is 29.4. The minimum absolute atomic E-state index is 0.0149. The Morgan fingerprint density at radius 2 is 1.53 bits per heavy atom. The molecule has 0 saturated heterocycles. The van der Waals surface area contributed by atoms with Gasteiger partial charge in [-0.3, -0.25) is 4.18 Å². The van der Waals surface area contributed by atoms with Crippen LogP contribution in [0.3, 0.4) is 0 Å². The van der Waals surface area contributed by atoms with Gasteiger partial charge in [0.05, 0.1) is 47.0 Å². The molecule has 448 valence electrons. The lowest BCUT2D eigenvalue weighted by molar-refractivity contribution is -0.163. The first-order valence-corrected chi connectivity index (χ1v) is 33.4. The maximum Gasteiger partial charge on any atom is 0.348 e. The zero-order valence-electron chi connectivity index (χ0n) is 49.4. The largest absolute Gasteiger partial charge is 0.543 e. The van der Waals surface area contributed by atoms with Crippen LogP contribution in [0, 0.1) is 19.7 Å². The van der Waals surface area contributed by atoms with Crippen LogP contribution in [0.25, 0.3) is 43.2 Å². The number of esters is 1. The van der Waals surface area contributed by atoms with Gasteiger partial charge in [-0.1, -0.05) is 105 Å². The molecule has 8 aromatic rings. The zero-order chi connectivity index (χ0) is 61.4. The molecule has 0 saturated carbocycles. The molecule has 5 aromatic carbocycles. The van der Waals surface area contributed by atoms with Crippen molar-refractivity contribution in [2.45, 2.75) is 110 Å². The number of aromatic nitrogens is 4. The van der Waals surface area contributed by atoms with E-state index < -0.39 is 54.6 Å². The summed E-state index contributed by atoms with van der Waals surface area (Å²) in [6.45, 7) is 23.0. The summed E-state index contributed by atoms with van der Waals surface area (Å²) >= 11 is 16.0. The number of carbonyl (C=O) groups excluding carboxylic acids is 1. The second-order valence-electron chi connectivity index (χ2n) is 22.6. The number of fused-ring (bicyclic) bond motifs is 1. The van der Waals surface area contributed by atoms with Gasteiger partial charge in [-0.05, 0) is 129 Å². The molecular weight excluding hydrogens is 1180 g/mol. The number of carbonyl (C=O) groups is 1. The highest BCUT2D eigenvalue weighted by molar-refractivity contribution is 7.85. The van der Waals surface area contributed by atoms with Gasteiger partial charge in [-0.25, -0.2) is 29.1 Å². The van der Waals surface area contributed by atoms with E-state index in [9.17, 15) is 17.6 Å². The van der Waals surface area contributed by atoms with Crippen LogP contribution in [0.2, 0.25) is 28.2 Å². The van der Waals surface area contributed by atoms with Gasteiger partial charge in [0, 0.05) is 28.6 Å². The molecule has 0 aliphatic heterocycles. The number of rotatable bonds is 25. The van der Waals surface area contributed by atoms with Crippen molar-refractivity contribution in [2.24, 2.45) is 0 Å². The Morgan fingerprint density at radius 3 is 2.20 bits per heavy atom. The van der Waals surface area contributed by atoms with Gasteiger partial charge in [0.1, 0.15) is 64.9 Å². The number of methoxy groups -OCH3 is 1. The lowest BCUT2D eigenvalue weighted by Gasteiger charge is -2.36. The third kappa shape index (κ3) is 15.9. The molecule has 21 heteroatoms. The van der Waals surface area contributed by atoms with Crippen molar-refractivity contribution in [1.29, 1.82) is 0 Å². The third-order valence-corrected chi connectivity index (χ3v) is 21.6. The second kappa shape index (κ2) is 27.2. The van der Waals surface area contributed by atoms with Crippen molar-refractivity contribution in [3.05, 3.63) is 172 Å². The number of hydrogen-bond donors (Lipinski definition) is 0. The number of ether oxygens (including phenoxy) is 6. The number of para-hydroxylation sites is 1. The average molecular weight is 1250 g/mol. The van der Waals surface area contributed by atoms with Gasteiger partial charge in [0.2, 0.25) is 20.3 Å². The van der Waals surface area contributed by atoms with Gasteiger partial charge in [-0.2, -0.15) is 8.42 Å². The number of halogens is 3. The van der Waals surface area contributed by atoms with E-state index in [1.54, 1.807) is 103 Å². The predicted octanol–water partition coefficient (Wildman–Crippen LogP) is 15.3. The van der Waals surface area contributed by atoms with Crippen molar-refractivity contribution < 1.29 is 54.6 Å². The summed E-state index contributed by atoms with van der Waals surface area (Å²) in [5, 5.41) is 0.421.